The topological polar surface area (TPSA) is 51.6 Å². The van der Waals surface area contributed by atoms with Gasteiger partial charge in [0.2, 0.25) is 0 Å². The van der Waals surface area contributed by atoms with Crippen molar-refractivity contribution in [1.82, 2.24) is 18.7 Å². The Balaban J connectivity index is 2.00. The summed E-state index contributed by atoms with van der Waals surface area (Å²) in [4.78, 5) is 11.0. The van der Waals surface area contributed by atoms with Crippen LogP contribution < -0.4 is 0 Å². The molecule has 0 bridgehead atoms. The normalized spacial score (nSPS) is 13.2. The second-order valence-electron chi connectivity index (χ2n) is 7.59. The zero-order chi connectivity index (χ0) is 18.9. The highest BCUT2D eigenvalue weighted by Crippen LogP contribution is 2.41. The average molecular weight is 391 g/mol. The van der Waals surface area contributed by atoms with Crippen molar-refractivity contribution in [1.29, 1.82) is 0 Å². The third-order valence-corrected chi connectivity index (χ3v) is 6.14. The highest BCUT2D eigenvalue weighted by molar-refractivity contribution is 7.81. The van der Waals surface area contributed by atoms with Crippen molar-refractivity contribution >= 4 is 50.9 Å². The van der Waals surface area contributed by atoms with Gasteiger partial charge in [0.05, 0.1) is 33.3 Å². The number of hydrogen-bond acceptors (Lipinski definition) is 6. The van der Waals surface area contributed by atoms with Gasteiger partial charge in [-0.05, 0) is 11.8 Å². The lowest BCUT2D eigenvalue weighted by molar-refractivity contribution is 0.864. The van der Waals surface area contributed by atoms with Gasteiger partial charge in [-0.15, -0.1) is 0 Å². The molecule has 2 aromatic heterocycles. The molecule has 0 saturated carbocycles. The highest BCUT2D eigenvalue weighted by Gasteiger charge is 2.30. The summed E-state index contributed by atoms with van der Waals surface area (Å²) in [7, 11) is 0. The Morgan fingerprint density at radius 2 is 1.26 bits per heavy atom. The molecule has 134 valence electrons. The summed E-state index contributed by atoms with van der Waals surface area (Å²) >= 11 is 7.00. The predicted molar refractivity (Wildman–Crippen MR) is 115 cm³/mol. The molecule has 1 aliphatic rings. The van der Waals surface area contributed by atoms with Crippen molar-refractivity contribution in [2.24, 2.45) is 0 Å². The van der Waals surface area contributed by atoms with Crippen molar-refractivity contribution in [3.63, 3.8) is 0 Å². The maximum Gasteiger partial charge on any atom is 0.110 e. The van der Waals surface area contributed by atoms with Crippen LogP contribution in [0.5, 0.6) is 0 Å². The summed E-state index contributed by atoms with van der Waals surface area (Å²) in [6, 6.07) is 8.17. The Morgan fingerprint density at radius 1 is 0.741 bits per heavy atom. The number of thiocarbonyl (C=S) groups is 1. The van der Waals surface area contributed by atoms with E-state index in [-0.39, 0.29) is 11.8 Å². The van der Waals surface area contributed by atoms with E-state index in [1.54, 1.807) is 0 Å². The predicted octanol–water partition coefficient (Wildman–Crippen LogP) is 5.63. The summed E-state index contributed by atoms with van der Waals surface area (Å²) in [5.74, 6) is 0.542. The molecule has 0 unspecified atom stereocenters. The van der Waals surface area contributed by atoms with Crippen LogP contribution in [0.3, 0.4) is 0 Å². The minimum absolute atomic E-state index is 0.268. The van der Waals surface area contributed by atoms with E-state index >= 15 is 0 Å². The molecule has 4 nitrogen and oxygen atoms in total. The van der Waals surface area contributed by atoms with Crippen molar-refractivity contribution < 1.29 is 0 Å². The molecule has 0 atom stereocenters. The molecule has 0 N–H and O–H groups in total. The van der Waals surface area contributed by atoms with Crippen molar-refractivity contribution in [2.45, 2.75) is 39.5 Å². The molecule has 5 rings (SSSR count). The average Bonchev–Trinajstić information content (AvgIpc) is 3.21. The minimum Gasteiger partial charge on any atom is -0.243 e. The van der Waals surface area contributed by atoms with Gasteiger partial charge in [-0.2, -0.15) is 8.75 Å². The smallest absolute Gasteiger partial charge is 0.110 e. The Kier molecular flexibility index (Phi) is 3.64. The van der Waals surface area contributed by atoms with E-state index in [9.17, 15) is 0 Å². The van der Waals surface area contributed by atoms with Crippen molar-refractivity contribution in [3.8, 4) is 11.3 Å². The fourth-order valence-electron chi connectivity index (χ4n) is 4.03. The van der Waals surface area contributed by atoms with E-state index in [0.29, 0.717) is 0 Å². The van der Waals surface area contributed by atoms with E-state index in [1.807, 2.05) is 12.1 Å². The summed E-state index contributed by atoms with van der Waals surface area (Å²) in [6.07, 6.45) is 0. The Hall–Kier alpha value is -2.31. The first-order chi connectivity index (χ1) is 13.0. The number of benzene rings is 2. The fourth-order valence-corrected chi connectivity index (χ4v) is 4.93. The lowest BCUT2D eigenvalue weighted by Gasteiger charge is -2.16. The van der Waals surface area contributed by atoms with Gasteiger partial charge < -0.3 is 0 Å². The van der Waals surface area contributed by atoms with Crippen LogP contribution in [-0.2, 0) is 0 Å². The van der Waals surface area contributed by atoms with E-state index in [4.69, 9.17) is 22.2 Å². The van der Waals surface area contributed by atoms with Crippen LogP contribution >= 0.6 is 23.9 Å². The largest absolute Gasteiger partial charge is 0.243 e. The van der Waals surface area contributed by atoms with Crippen molar-refractivity contribution in [3.05, 3.63) is 46.6 Å². The summed E-state index contributed by atoms with van der Waals surface area (Å²) < 4.78 is 9.24. The zero-order valence-corrected chi connectivity index (χ0v) is 17.2. The van der Waals surface area contributed by atoms with Gasteiger partial charge in [-0.25, -0.2) is 9.97 Å². The van der Waals surface area contributed by atoms with Crippen LogP contribution in [0.15, 0.2) is 24.3 Å². The molecule has 0 spiro atoms. The number of hydrogen-bond donors (Lipinski definition) is 0. The molecular formula is C21H18N4S2. The molecule has 2 aromatic carbocycles. The third kappa shape index (κ3) is 2.23. The van der Waals surface area contributed by atoms with E-state index in [0.717, 1.165) is 60.6 Å². The molecular weight excluding hydrogens is 372 g/mol. The molecule has 6 heteroatoms. The second kappa shape index (κ2) is 5.84. The molecule has 0 aliphatic heterocycles. The first kappa shape index (κ1) is 16.8. The molecule has 0 radical (unpaired) electrons. The summed E-state index contributed by atoms with van der Waals surface area (Å²) in [5.41, 5.74) is 9.86. The van der Waals surface area contributed by atoms with Gasteiger partial charge in [0.15, 0.2) is 0 Å². The van der Waals surface area contributed by atoms with Crippen molar-refractivity contribution in [2.75, 3.05) is 0 Å². The summed E-state index contributed by atoms with van der Waals surface area (Å²) in [6.45, 7) is 8.70. The first-order valence-electron chi connectivity index (χ1n) is 9.13. The Bertz CT molecular complexity index is 1250. The maximum atomic E-state index is 5.74. The monoisotopic (exact) mass is 390 g/mol. The zero-order valence-electron chi connectivity index (χ0n) is 15.6. The highest BCUT2D eigenvalue weighted by atomic mass is 32.1. The molecule has 4 aromatic rings. The number of aromatic nitrogens is 4. The second-order valence-corrected chi connectivity index (χ2v) is 8.53. The van der Waals surface area contributed by atoms with Gasteiger partial charge in [-0.1, -0.05) is 64.2 Å². The lowest BCUT2D eigenvalue weighted by Crippen LogP contribution is -2.06. The maximum absolute atomic E-state index is 5.74. The molecule has 27 heavy (non-hydrogen) atoms. The number of rotatable bonds is 2. The van der Waals surface area contributed by atoms with Crippen LogP contribution in [-0.4, -0.2) is 23.6 Å². The van der Waals surface area contributed by atoms with Gasteiger partial charge >= 0.3 is 0 Å². The van der Waals surface area contributed by atoms with Crippen LogP contribution in [0, 0.1) is 0 Å². The van der Waals surface area contributed by atoms with Gasteiger partial charge in [0.1, 0.15) is 16.7 Å². The van der Waals surface area contributed by atoms with Crippen LogP contribution in [0.1, 0.15) is 61.9 Å². The SMILES string of the molecule is CC(C)c1c2nsnc2c(C(C)C)c2nc3c(nc12)C(=S)c1ccccc1-3. The molecule has 0 saturated heterocycles. The van der Waals surface area contributed by atoms with Gasteiger partial charge in [0.25, 0.3) is 0 Å². The van der Waals surface area contributed by atoms with E-state index in [2.05, 4.69) is 48.6 Å². The quantitative estimate of drug-likeness (QED) is 0.366. The van der Waals surface area contributed by atoms with Crippen LogP contribution in [0.2, 0.25) is 0 Å². The number of nitrogens with zero attached hydrogens (tertiary/aromatic N) is 4. The van der Waals surface area contributed by atoms with Crippen LogP contribution in [0.25, 0.3) is 33.3 Å². The fraction of sp³-hybridized carbons (Fsp3) is 0.286. The first-order valence-corrected chi connectivity index (χ1v) is 10.3. The summed E-state index contributed by atoms with van der Waals surface area (Å²) in [5, 5.41) is 0. The standard InChI is InChI=1S/C21H18N4S2/c1-9(2)13-16-17(14(10(3)4)19-18(13)24-27-25-19)23-20-15(22-16)11-7-5-6-8-12(11)21(20)26/h5-10H,1-4H3. The molecule has 0 fully saturated rings. The minimum atomic E-state index is 0.268. The Morgan fingerprint density at radius 3 is 1.81 bits per heavy atom. The molecule has 2 heterocycles. The Labute approximate surface area is 167 Å². The van der Waals surface area contributed by atoms with Crippen LogP contribution in [0.4, 0.5) is 0 Å². The third-order valence-electron chi connectivity index (χ3n) is 5.20. The van der Waals surface area contributed by atoms with Gasteiger partial charge in [0, 0.05) is 22.3 Å². The van der Waals surface area contributed by atoms with E-state index < -0.39 is 0 Å². The molecule has 0 amide bonds. The lowest BCUT2D eigenvalue weighted by atomic mass is 9.92. The number of fused-ring (bicyclic) bond motifs is 5. The van der Waals surface area contributed by atoms with Gasteiger partial charge in [-0.3, -0.25) is 0 Å². The van der Waals surface area contributed by atoms with E-state index in [1.165, 1.54) is 11.7 Å². The molecule has 1 aliphatic carbocycles.